The average molecular weight is 412 g/mol. The van der Waals surface area contributed by atoms with Crippen LogP contribution < -0.4 is 24.3 Å². The lowest BCUT2D eigenvalue weighted by Gasteiger charge is -2.18. The summed E-state index contributed by atoms with van der Waals surface area (Å²) in [4.78, 5) is 17.1. The first-order valence-electron chi connectivity index (χ1n) is 9.15. The van der Waals surface area contributed by atoms with Crippen molar-refractivity contribution in [2.75, 3.05) is 32.2 Å². The molecular formula is C21H20N2O5S. The molecule has 7 nitrogen and oxygen atoms in total. The SMILES string of the molecule is CCOc1ccc(C(=O)Nc2nc(-c3ccc4c(c3)OCCO4)cs2)cc1OC. The molecule has 1 amide bonds. The van der Waals surface area contributed by atoms with E-state index in [0.717, 1.165) is 17.0 Å². The molecule has 0 spiro atoms. The molecule has 29 heavy (non-hydrogen) atoms. The van der Waals surface area contributed by atoms with Gasteiger partial charge in [0.05, 0.1) is 19.4 Å². The van der Waals surface area contributed by atoms with Crippen molar-refractivity contribution in [1.82, 2.24) is 4.98 Å². The number of hydrogen-bond acceptors (Lipinski definition) is 7. The molecule has 0 radical (unpaired) electrons. The molecule has 4 rings (SSSR count). The summed E-state index contributed by atoms with van der Waals surface area (Å²) in [5.74, 6) is 2.27. The van der Waals surface area contributed by atoms with E-state index in [1.807, 2.05) is 30.5 Å². The Kier molecular flexibility index (Phi) is 5.53. The fourth-order valence-corrected chi connectivity index (χ4v) is 3.63. The van der Waals surface area contributed by atoms with Crippen LogP contribution in [0.15, 0.2) is 41.8 Å². The van der Waals surface area contributed by atoms with E-state index in [0.29, 0.717) is 47.8 Å². The van der Waals surface area contributed by atoms with Crippen LogP contribution in [-0.4, -0.2) is 37.8 Å². The van der Waals surface area contributed by atoms with Crippen molar-refractivity contribution in [1.29, 1.82) is 0 Å². The maximum absolute atomic E-state index is 12.6. The first-order chi connectivity index (χ1) is 14.2. The van der Waals surface area contributed by atoms with Gasteiger partial charge in [-0.2, -0.15) is 0 Å². The molecule has 0 bridgehead atoms. The number of anilines is 1. The van der Waals surface area contributed by atoms with Crippen LogP contribution >= 0.6 is 11.3 Å². The van der Waals surface area contributed by atoms with E-state index in [2.05, 4.69) is 10.3 Å². The largest absolute Gasteiger partial charge is 0.493 e. The molecule has 1 aliphatic heterocycles. The summed E-state index contributed by atoms with van der Waals surface area (Å²) in [6.45, 7) is 3.49. The van der Waals surface area contributed by atoms with Crippen molar-refractivity contribution >= 4 is 22.4 Å². The zero-order chi connectivity index (χ0) is 20.2. The van der Waals surface area contributed by atoms with E-state index in [1.165, 1.54) is 11.3 Å². The van der Waals surface area contributed by atoms with Gasteiger partial charge in [0.2, 0.25) is 0 Å². The number of carbonyl (C=O) groups is 1. The monoisotopic (exact) mass is 412 g/mol. The molecular weight excluding hydrogens is 392 g/mol. The highest BCUT2D eigenvalue weighted by Gasteiger charge is 2.16. The van der Waals surface area contributed by atoms with Gasteiger partial charge in [0.15, 0.2) is 28.1 Å². The summed E-state index contributed by atoms with van der Waals surface area (Å²) in [6.07, 6.45) is 0. The third-order valence-corrected chi connectivity index (χ3v) is 5.05. The van der Waals surface area contributed by atoms with Crippen LogP contribution in [-0.2, 0) is 0 Å². The van der Waals surface area contributed by atoms with Crippen LogP contribution in [0.1, 0.15) is 17.3 Å². The third-order valence-electron chi connectivity index (χ3n) is 4.29. The molecule has 1 N–H and O–H groups in total. The van der Waals surface area contributed by atoms with Gasteiger partial charge in [-0.15, -0.1) is 11.3 Å². The summed E-state index contributed by atoms with van der Waals surface area (Å²) in [7, 11) is 1.54. The van der Waals surface area contributed by atoms with E-state index >= 15 is 0 Å². The van der Waals surface area contributed by atoms with Crippen LogP contribution in [0, 0.1) is 0 Å². The molecule has 2 heterocycles. The van der Waals surface area contributed by atoms with Gasteiger partial charge in [0.1, 0.15) is 13.2 Å². The van der Waals surface area contributed by atoms with Gasteiger partial charge in [-0.1, -0.05) is 0 Å². The summed E-state index contributed by atoms with van der Waals surface area (Å²) in [5, 5.41) is 5.23. The van der Waals surface area contributed by atoms with Crippen LogP contribution in [0.2, 0.25) is 0 Å². The first kappa shape index (κ1) is 19.1. The van der Waals surface area contributed by atoms with E-state index in [-0.39, 0.29) is 5.91 Å². The smallest absolute Gasteiger partial charge is 0.257 e. The van der Waals surface area contributed by atoms with Gasteiger partial charge >= 0.3 is 0 Å². The van der Waals surface area contributed by atoms with Gasteiger partial charge < -0.3 is 18.9 Å². The average Bonchev–Trinajstić information content (AvgIpc) is 3.22. The molecule has 0 atom stereocenters. The Morgan fingerprint density at radius 3 is 2.76 bits per heavy atom. The molecule has 0 saturated carbocycles. The topological polar surface area (TPSA) is 78.9 Å². The number of ether oxygens (including phenoxy) is 4. The highest BCUT2D eigenvalue weighted by atomic mass is 32.1. The second kappa shape index (κ2) is 8.40. The number of aromatic nitrogens is 1. The van der Waals surface area contributed by atoms with E-state index in [4.69, 9.17) is 18.9 Å². The molecule has 3 aromatic rings. The Morgan fingerprint density at radius 2 is 1.97 bits per heavy atom. The number of carbonyl (C=O) groups excluding carboxylic acids is 1. The maximum atomic E-state index is 12.6. The molecule has 0 unspecified atom stereocenters. The van der Waals surface area contributed by atoms with Crippen LogP contribution in [0.4, 0.5) is 5.13 Å². The Bertz CT molecular complexity index is 1030. The van der Waals surface area contributed by atoms with Gasteiger partial charge in [-0.25, -0.2) is 4.98 Å². The van der Waals surface area contributed by atoms with Crippen molar-refractivity contribution < 1.29 is 23.7 Å². The summed E-state index contributed by atoms with van der Waals surface area (Å²) < 4.78 is 22.0. The van der Waals surface area contributed by atoms with E-state index in [9.17, 15) is 4.79 Å². The van der Waals surface area contributed by atoms with Crippen molar-refractivity contribution in [3.8, 4) is 34.3 Å². The Labute approximate surface area is 172 Å². The van der Waals surface area contributed by atoms with Crippen molar-refractivity contribution in [3.63, 3.8) is 0 Å². The molecule has 0 aliphatic carbocycles. The Balaban J connectivity index is 1.50. The second-order valence-corrected chi connectivity index (χ2v) is 7.01. The number of benzene rings is 2. The molecule has 0 fully saturated rings. The molecule has 150 valence electrons. The van der Waals surface area contributed by atoms with E-state index in [1.54, 1.807) is 25.3 Å². The zero-order valence-electron chi connectivity index (χ0n) is 16.1. The lowest BCUT2D eigenvalue weighted by molar-refractivity contribution is 0.102. The summed E-state index contributed by atoms with van der Waals surface area (Å²) in [6, 6.07) is 10.7. The van der Waals surface area contributed by atoms with Gasteiger partial charge in [0.25, 0.3) is 5.91 Å². The normalized spacial score (nSPS) is 12.3. The fraction of sp³-hybridized carbons (Fsp3) is 0.238. The highest BCUT2D eigenvalue weighted by Crippen LogP contribution is 2.35. The zero-order valence-corrected chi connectivity index (χ0v) is 16.9. The minimum Gasteiger partial charge on any atom is -0.493 e. The summed E-state index contributed by atoms with van der Waals surface area (Å²) >= 11 is 1.35. The van der Waals surface area contributed by atoms with Crippen LogP contribution in [0.5, 0.6) is 23.0 Å². The molecule has 0 saturated heterocycles. The van der Waals surface area contributed by atoms with Gasteiger partial charge in [0, 0.05) is 16.5 Å². The number of rotatable bonds is 6. The lowest BCUT2D eigenvalue weighted by atomic mass is 10.1. The summed E-state index contributed by atoms with van der Waals surface area (Å²) in [5.41, 5.74) is 2.11. The Hall–Kier alpha value is -3.26. The van der Waals surface area contributed by atoms with Crippen LogP contribution in [0.3, 0.4) is 0 Å². The molecule has 1 aliphatic rings. The van der Waals surface area contributed by atoms with Gasteiger partial charge in [-0.3, -0.25) is 10.1 Å². The number of nitrogens with zero attached hydrogens (tertiary/aromatic N) is 1. The third kappa shape index (κ3) is 4.12. The minimum atomic E-state index is -0.269. The second-order valence-electron chi connectivity index (χ2n) is 6.15. The first-order valence-corrected chi connectivity index (χ1v) is 10.0. The Morgan fingerprint density at radius 1 is 1.14 bits per heavy atom. The number of amides is 1. The number of fused-ring (bicyclic) bond motifs is 1. The number of thiazole rings is 1. The number of hydrogen-bond donors (Lipinski definition) is 1. The number of nitrogens with one attached hydrogen (secondary N) is 1. The maximum Gasteiger partial charge on any atom is 0.257 e. The molecule has 8 heteroatoms. The van der Waals surface area contributed by atoms with Crippen LogP contribution in [0.25, 0.3) is 11.3 Å². The van der Waals surface area contributed by atoms with Crippen molar-refractivity contribution in [2.45, 2.75) is 6.92 Å². The van der Waals surface area contributed by atoms with Crippen molar-refractivity contribution in [3.05, 3.63) is 47.3 Å². The number of methoxy groups -OCH3 is 1. The van der Waals surface area contributed by atoms with E-state index < -0.39 is 0 Å². The van der Waals surface area contributed by atoms with Crippen molar-refractivity contribution in [2.24, 2.45) is 0 Å². The predicted molar refractivity (Wildman–Crippen MR) is 111 cm³/mol. The fourth-order valence-electron chi connectivity index (χ4n) is 2.92. The standard InChI is InChI=1S/C21H20N2O5S/c1-3-26-16-7-5-14(11-18(16)25-2)20(24)23-21-22-15(12-29-21)13-4-6-17-19(10-13)28-9-8-27-17/h4-7,10-12H,3,8-9H2,1-2H3,(H,22,23,24). The minimum absolute atomic E-state index is 0.269. The highest BCUT2D eigenvalue weighted by molar-refractivity contribution is 7.14. The quantitative estimate of drug-likeness (QED) is 0.652. The molecule has 2 aromatic carbocycles. The predicted octanol–water partition coefficient (Wildman–Crippen LogP) is 4.24. The van der Waals surface area contributed by atoms with Gasteiger partial charge in [-0.05, 0) is 43.3 Å². The molecule has 1 aromatic heterocycles. The lowest BCUT2D eigenvalue weighted by Crippen LogP contribution is -2.15.